The van der Waals surface area contributed by atoms with Crippen molar-refractivity contribution in [3.8, 4) is 17.2 Å². The maximum atomic E-state index is 12.3. The van der Waals surface area contributed by atoms with E-state index in [1.165, 1.54) is 0 Å². The molecule has 2 aromatic rings. The van der Waals surface area contributed by atoms with Crippen LogP contribution in [0, 0.1) is 0 Å². The minimum Gasteiger partial charge on any atom is -0.486 e. The summed E-state index contributed by atoms with van der Waals surface area (Å²) in [5.74, 6) is 1.58. The number of para-hydroxylation sites is 2. The highest BCUT2D eigenvalue weighted by atomic mass is 35.5. The first-order valence-electron chi connectivity index (χ1n) is 7.73. The van der Waals surface area contributed by atoms with Gasteiger partial charge < -0.3 is 19.1 Å². The van der Waals surface area contributed by atoms with Crippen molar-refractivity contribution in [3.63, 3.8) is 0 Å². The number of rotatable bonds is 5. The number of carbonyl (C=O) groups excluding carboxylic acids is 1. The van der Waals surface area contributed by atoms with E-state index in [0.29, 0.717) is 40.4 Å². The summed E-state index contributed by atoms with van der Waals surface area (Å²) >= 11 is 11.9. The molecule has 7 heteroatoms. The zero-order chi connectivity index (χ0) is 17.8. The maximum Gasteiger partial charge on any atom is 0.260 e. The van der Waals surface area contributed by atoms with Gasteiger partial charge in [-0.25, -0.2) is 0 Å². The van der Waals surface area contributed by atoms with E-state index in [0.717, 1.165) is 0 Å². The lowest BCUT2D eigenvalue weighted by Gasteiger charge is -2.29. The minimum atomic E-state index is -0.237. The zero-order valence-corrected chi connectivity index (χ0v) is 15.1. The second-order valence-electron chi connectivity index (χ2n) is 5.64. The van der Waals surface area contributed by atoms with E-state index < -0.39 is 0 Å². The highest BCUT2D eigenvalue weighted by Gasteiger charge is 2.24. The van der Waals surface area contributed by atoms with Gasteiger partial charge in [0.15, 0.2) is 24.2 Å². The minimum absolute atomic E-state index is 0.138. The number of hydrogen-bond donors (Lipinski definition) is 0. The van der Waals surface area contributed by atoms with Crippen molar-refractivity contribution in [2.75, 3.05) is 26.8 Å². The van der Waals surface area contributed by atoms with Crippen molar-refractivity contribution in [2.45, 2.75) is 6.10 Å². The molecule has 132 valence electrons. The molecule has 0 fully saturated rings. The fraction of sp³-hybridized carbons (Fsp3) is 0.278. The first kappa shape index (κ1) is 17.7. The number of likely N-dealkylation sites (N-methyl/N-ethyl adjacent to an activating group) is 1. The average molecular weight is 382 g/mol. The van der Waals surface area contributed by atoms with Gasteiger partial charge in [0, 0.05) is 18.1 Å². The molecule has 2 aromatic carbocycles. The van der Waals surface area contributed by atoms with E-state index in [2.05, 4.69) is 0 Å². The van der Waals surface area contributed by atoms with Gasteiger partial charge in [-0.3, -0.25) is 4.79 Å². The van der Waals surface area contributed by atoms with Crippen molar-refractivity contribution in [2.24, 2.45) is 0 Å². The molecule has 0 unspecified atom stereocenters. The van der Waals surface area contributed by atoms with Crippen LogP contribution >= 0.6 is 23.2 Å². The normalized spacial score (nSPS) is 15.6. The molecule has 25 heavy (non-hydrogen) atoms. The molecule has 3 rings (SSSR count). The Morgan fingerprint density at radius 2 is 2.00 bits per heavy atom. The number of nitrogens with zero attached hydrogens (tertiary/aromatic N) is 1. The third-order valence-electron chi connectivity index (χ3n) is 3.72. The van der Waals surface area contributed by atoms with E-state index in [9.17, 15) is 4.79 Å². The number of benzene rings is 2. The molecular formula is C18H17Cl2NO4. The summed E-state index contributed by atoms with van der Waals surface area (Å²) < 4.78 is 17.0. The molecule has 0 saturated heterocycles. The van der Waals surface area contributed by atoms with E-state index >= 15 is 0 Å². The molecular weight excluding hydrogens is 365 g/mol. The van der Waals surface area contributed by atoms with Gasteiger partial charge in [-0.05, 0) is 24.3 Å². The molecule has 1 aliphatic rings. The molecule has 1 aliphatic heterocycles. The Kier molecular flexibility index (Phi) is 5.56. The Balaban J connectivity index is 1.52. The SMILES string of the molecule is CN(C[C@@H]1COc2ccccc2O1)C(=O)COc1cc(Cl)ccc1Cl. The van der Waals surface area contributed by atoms with Crippen LogP contribution in [0.15, 0.2) is 42.5 Å². The predicted molar refractivity (Wildman–Crippen MR) is 95.9 cm³/mol. The van der Waals surface area contributed by atoms with Gasteiger partial charge in [0.1, 0.15) is 12.4 Å². The molecule has 1 heterocycles. The maximum absolute atomic E-state index is 12.3. The number of fused-ring (bicyclic) bond motifs is 1. The third kappa shape index (κ3) is 4.50. The van der Waals surface area contributed by atoms with E-state index in [4.69, 9.17) is 37.4 Å². The van der Waals surface area contributed by atoms with Crippen LogP contribution in [0.25, 0.3) is 0 Å². The van der Waals surface area contributed by atoms with E-state index in [1.54, 1.807) is 30.1 Å². The smallest absolute Gasteiger partial charge is 0.260 e. The summed E-state index contributed by atoms with van der Waals surface area (Å²) in [7, 11) is 1.69. The quantitative estimate of drug-likeness (QED) is 0.792. The number of carbonyl (C=O) groups is 1. The Bertz CT molecular complexity index is 768. The molecule has 0 spiro atoms. The van der Waals surface area contributed by atoms with Gasteiger partial charge in [0.2, 0.25) is 0 Å². The molecule has 0 aromatic heterocycles. The average Bonchev–Trinajstić information content (AvgIpc) is 2.62. The molecule has 0 N–H and O–H groups in total. The van der Waals surface area contributed by atoms with Crippen LogP contribution in [0.5, 0.6) is 17.2 Å². The third-order valence-corrected chi connectivity index (χ3v) is 4.26. The highest BCUT2D eigenvalue weighted by Crippen LogP contribution is 2.31. The molecule has 1 atom stereocenters. The Morgan fingerprint density at radius 1 is 1.24 bits per heavy atom. The summed E-state index contributed by atoms with van der Waals surface area (Å²) in [6.07, 6.45) is -0.237. The van der Waals surface area contributed by atoms with Crippen molar-refractivity contribution < 1.29 is 19.0 Å². The van der Waals surface area contributed by atoms with Crippen LogP contribution in [0.4, 0.5) is 0 Å². The molecule has 0 aliphatic carbocycles. The monoisotopic (exact) mass is 381 g/mol. The standard InChI is InChI=1S/C18H17Cl2NO4/c1-21(9-13-10-23-15-4-2-3-5-16(15)25-13)18(22)11-24-17-8-12(19)6-7-14(17)20/h2-8,13H,9-11H2,1H3/t13-/m1/s1. The van der Waals surface area contributed by atoms with Crippen LogP contribution < -0.4 is 14.2 Å². The van der Waals surface area contributed by atoms with Gasteiger partial charge in [0.05, 0.1) is 11.6 Å². The number of amides is 1. The summed E-state index contributed by atoms with van der Waals surface area (Å²) in [6, 6.07) is 12.3. The fourth-order valence-electron chi connectivity index (χ4n) is 2.40. The number of halogens is 2. The Hall–Kier alpha value is -2.11. The molecule has 0 radical (unpaired) electrons. The van der Waals surface area contributed by atoms with Gasteiger partial charge in [0.25, 0.3) is 5.91 Å². The lowest BCUT2D eigenvalue weighted by atomic mass is 10.2. The highest BCUT2D eigenvalue weighted by molar-refractivity contribution is 6.34. The first-order valence-corrected chi connectivity index (χ1v) is 8.49. The molecule has 5 nitrogen and oxygen atoms in total. The lowest BCUT2D eigenvalue weighted by molar-refractivity contribution is -0.133. The largest absolute Gasteiger partial charge is 0.486 e. The zero-order valence-electron chi connectivity index (χ0n) is 13.6. The van der Waals surface area contributed by atoms with Crippen molar-refractivity contribution in [1.82, 2.24) is 4.90 Å². The first-order chi connectivity index (χ1) is 12.0. The van der Waals surface area contributed by atoms with Crippen LogP contribution in [-0.4, -0.2) is 43.7 Å². The number of hydrogen-bond acceptors (Lipinski definition) is 4. The Labute approximate surface area is 156 Å². The predicted octanol–water partition coefficient (Wildman–Crippen LogP) is 3.67. The summed E-state index contributed by atoms with van der Waals surface area (Å²) in [6.45, 7) is 0.635. The van der Waals surface area contributed by atoms with Gasteiger partial charge in [-0.2, -0.15) is 0 Å². The van der Waals surface area contributed by atoms with E-state index in [-0.39, 0.29) is 18.6 Å². The second kappa shape index (κ2) is 7.85. The van der Waals surface area contributed by atoms with Crippen LogP contribution in [0.3, 0.4) is 0 Å². The summed E-state index contributed by atoms with van der Waals surface area (Å²) in [4.78, 5) is 13.8. The second-order valence-corrected chi connectivity index (χ2v) is 6.48. The van der Waals surface area contributed by atoms with Crippen LogP contribution in [0.1, 0.15) is 0 Å². The van der Waals surface area contributed by atoms with Crippen LogP contribution in [-0.2, 0) is 4.79 Å². The molecule has 0 saturated carbocycles. The Morgan fingerprint density at radius 3 is 2.80 bits per heavy atom. The van der Waals surface area contributed by atoms with Gasteiger partial charge >= 0.3 is 0 Å². The van der Waals surface area contributed by atoms with Crippen LogP contribution in [0.2, 0.25) is 10.0 Å². The van der Waals surface area contributed by atoms with Crippen molar-refractivity contribution in [1.29, 1.82) is 0 Å². The number of ether oxygens (including phenoxy) is 3. The molecule has 0 bridgehead atoms. The van der Waals surface area contributed by atoms with Crippen molar-refractivity contribution in [3.05, 3.63) is 52.5 Å². The van der Waals surface area contributed by atoms with E-state index in [1.807, 2.05) is 24.3 Å². The van der Waals surface area contributed by atoms with Crippen molar-refractivity contribution >= 4 is 29.1 Å². The lowest BCUT2D eigenvalue weighted by Crippen LogP contribution is -2.43. The summed E-state index contributed by atoms with van der Waals surface area (Å²) in [5.41, 5.74) is 0. The summed E-state index contributed by atoms with van der Waals surface area (Å²) in [5, 5.41) is 0.895. The van der Waals surface area contributed by atoms with Gasteiger partial charge in [-0.1, -0.05) is 35.3 Å². The topological polar surface area (TPSA) is 48.0 Å². The fourth-order valence-corrected chi connectivity index (χ4v) is 2.73. The molecule has 1 amide bonds. The van der Waals surface area contributed by atoms with Gasteiger partial charge in [-0.15, -0.1) is 0 Å².